The number of hydrogen-bond acceptors (Lipinski definition) is 4. The molecule has 2 N–H and O–H groups in total. The second kappa shape index (κ2) is 11.4. The van der Waals surface area contributed by atoms with E-state index in [2.05, 4.69) is 15.5 Å². The highest BCUT2D eigenvalue weighted by atomic mass is 35.5. The fourth-order valence-corrected chi connectivity index (χ4v) is 3.92. The lowest BCUT2D eigenvalue weighted by atomic mass is 10.0. The lowest BCUT2D eigenvalue weighted by Gasteiger charge is -2.35. The minimum Gasteiger partial charge on any atom is -0.385 e. The zero-order valence-corrected chi connectivity index (χ0v) is 19.0. The van der Waals surface area contributed by atoms with E-state index in [-0.39, 0.29) is 17.9 Å². The van der Waals surface area contributed by atoms with Crippen LogP contribution in [-0.4, -0.2) is 51.2 Å². The molecule has 166 valence electrons. The second-order valence-electron chi connectivity index (χ2n) is 7.48. The number of halogens is 2. The van der Waals surface area contributed by atoms with E-state index < -0.39 is 0 Å². The maximum atomic E-state index is 12.6. The number of carbonyl (C=O) groups is 2. The van der Waals surface area contributed by atoms with Crippen molar-refractivity contribution in [3.8, 4) is 0 Å². The molecule has 1 fully saturated rings. The molecule has 0 spiro atoms. The summed E-state index contributed by atoms with van der Waals surface area (Å²) in [7, 11) is 1.65. The highest BCUT2D eigenvalue weighted by molar-refractivity contribution is 6.42. The molecule has 2 aromatic carbocycles. The summed E-state index contributed by atoms with van der Waals surface area (Å²) in [5, 5.41) is 6.81. The van der Waals surface area contributed by atoms with Crippen LogP contribution in [0.4, 0.5) is 5.69 Å². The maximum absolute atomic E-state index is 12.6. The molecule has 3 rings (SSSR count). The van der Waals surface area contributed by atoms with Crippen LogP contribution in [0, 0.1) is 0 Å². The van der Waals surface area contributed by atoms with Gasteiger partial charge in [-0.3, -0.25) is 9.59 Å². The van der Waals surface area contributed by atoms with Gasteiger partial charge in [0.2, 0.25) is 0 Å². The van der Waals surface area contributed by atoms with Gasteiger partial charge in [-0.1, -0.05) is 35.3 Å². The Labute approximate surface area is 192 Å². The summed E-state index contributed by atoms with van der Waals surface area (Å²) in [6.07, 6.45) is 2.35. The Kier molecular flexibility index (Phi) is 8.58. The SMILES string of the molecule is COCCCNC(=O)c1ccccc1N1CCC(NC(=O)c2ccc(Cl)c(Cl)c2)CC1. The third kappa shape index (κ3) is 6.35. The Hall–Kier alpha value is -2.28. The number of rotatable bonds is 8. The van der Waals surface area contributed by atoms with Crippen LogP contribution in [0.25, 0.3) is 0 Å². The third-order valence-corrected chi connectivity index (χ3v) is 6.05. The van der Waals surface area contributed by atoms with Crippen LogP contribution in [0.5, 0.6) is 0 Å². The van der Waals surface area contributed by atoms with Crippen molar-refractivity contribution in [2.75, 3.05) is 38.3 Å². The molecule has 0 saturated carbocycles. The van der Waals surface area contributed by atoms with Crippen LogP contribution in [0.15, 0.2) is 42.5 Å². The van der Waals surface area contributed by atoms with E-state index in [1.807, 2.05) is 24.3 Å². The first-order chi connectivity index (χ1) is 15.0. The van der Waals surface area contributed by atoms with Crippen molar-refractivity contribution in [1.82, 2.24) is 10.6 Å². The number of nitrogens with zero attached hydrogens (tertiary/aromatic N) is 1. The molecule has 2 aromatic rings. The minimum absolute atomic E-state index is 0.0632. The molecule has 0 aliphatic carbocycles. The number of benzene rings is 2. The fourth-order valence-electron chi connectivity index (χ4n) is 3.63. The molecule has 1 aliphatic rings. The number of piperidine rings is 1. The van der Waals surface area contributed by atoms with Crippen molar-refractivity contribution in [3.63, 3.8) is 0 Å². The number of amides is 2. The van der Waals surface area contributed by atoms with Gasteiger partial charge in [0.1, 0.15) is 0 Å². The normalized spacial score (nSPS) is 14.4. The van der Waals surface area contributed by atoms with Gasteiger partial charge in [-0.05, 0) is 49.6 Å². The van der Waals surface area contributed by atoms with Crippen molar-refractivity contribution in [3.05, 3.63) is 63.6 Å². The van der Waals surface area contributed by atoms with E-state index in [0.717, 1.165) is 38.0 Å². The molecule has 0 atom stereocenters. The van der Waals surface area contributed by atoms with Crippen LogP contribution >= 0.6 is 23.2 Å². The van der Waals surface area contributed by atoms with Gasteiger partial charge in [0.25, 0.3) is 11.8 Å². The topological polar surface area (TPSA) is 70.7 Å². The maximum Gasteiger partial charge on any atom is 0.253 e. The largest absolute Gasteiger partial charge is 0.385 e. The van der Waals surface area contributed by atoms with Crippen LogP contribution in [0.1, 0.15) is 40.0 Å². The highest BCUT2D eigenvalue weighted by Gasteiger charge is 2.24. The first-order valence-corrected chi connectivity index (χ1v) is 11.1. The van der Waals surface area contributed by atoms with Gasteiger partial charge in [-0.15, -0.1) is 0 Å². The van der Waals surface area contributed by atoms with Crippen LogP contribution in [-0.2, 0) is 4.74 Å². The number of ether oxygens (including phenoxy) is 1. The smallest absolute Gasteiger partial charge is 0.253 e. The fraction of sp³-hybridized carbons (Fsp3) is 0.391. The number of carbonyl (C=O) groups excluding carboxylic acids is 2. The highest BCUT2D eigenvalue weighted by Crippen LogP contribution is 2.25. The predicted molar refractivity (Wildman–Crippen MR) is 124 cm³/mol. The van der Waals surface area contributed by atoms with Crippen molar-refractivity contribution in [2.24, 2.45) is 0 Å². The molecule has 0 bridgehead atoms. The van der Waals surface area contributed by atoms with E-state index in [1.165, 1.54) is 0 Å². The van der Waals surface area contributed by atoms with Crippen molar-refractivity contribution in [2.45, 2.75) is 25.3 Å². The predicted octanol–water partition coefficient (Wildman–Crippen LogP) is 4.16. The molecule has 8 heteroatoms. The number of hydrogen-bond donors (Lipinski definition) is 2. The molecule has 0 aromatic heterocycles. The van der Waals surface area contributed by atoms with E-state index in [1.54, 1.807) is 25.3 Å². The molecule has 1 aliphatic heterocycles. The van der Waals surface area contributed by atoms with Crippen molar-refractivity contribution in [1.29, 1.82) is 0 Å². The first kappa shape index (κ1) is 23.4. The van der Waals surface area contributed by atoms with E-state index >= 15 is 0 Å². The van der Waals surface area contributed by atoms with Gasteiger partial charge < -0.3 is 20.3 Å². The number of nitrogens with one attached hydrogen (secondary N) is 2. The number of methoxy groups -OCH3 is 1. The van der Waals surface area contributed by atoms with Gasteiger partial charge >= 0.3 is 0 Å². The first-order valence-electron chi connectivity index (χ1n) is 10.4. The van der Waals surface area contributed by atoms with Gasteiger partial charge in [0.05, 0.1) is 15.6 Å². The lowest BCUT2D eigenvalue weighted by Crippen LogP contribution is -2.45. The van der Waals surface area contributed by atoms with Crippen LogP contribution in [0.3, 0.4) is 0 Å². The zero-order valence-electron chi connectivity index (χ0n) is 17.5. The van der Waals surface area contributed by atoms with Gasteiger partial charge in [-0.2, -0.15) is 0 Å². The summed E-state index contributed by atoms with van der Waals surface area (Å²) in [6.45, 7) is 2.69. The standard InChI is InChI=1S/C23H27Cl2N3O3/c1-31-14-4-11-26-23(30)18-5-2-3-6-21(18)28-12-9-17(10-13-28)27-22(29)16-7-8-19(24)20(25)15-16/h2-3,5-8,15,17H,4,9-14H2,1H3,(H,26,30)(H,27,29). The summed E-state index contributed by atoms with van der Waals surface area (Å²) < 4.78 is 5.02. The molecule has 1 heterocycles. The number of para-hydroxylation sites is 1. The molecule has 0 radical (unpaired) electrons. The zero-order chi connectivity index (χ0) is 22.2. The average molecular weight is 464 g/mol. The summed E-state index contributed by atoms with van der Waals surface area (Å²) in [4.78, 5) is 27.4. The molecule has 6 nitrogen and oxygen atoms in total. The Morgan fingerprint density at radius 1 is 1.06 bits per heavy atom. The van der Waals surface area contributed by atoms with Crippen molar-refractivity contribution < 1.29 is 14.3 Å². The minimum atomic E-state index is -0.159. The van der Waals surface area contributed by atoms with E-state index in [9.17, 15) is 9.59 Å². The summed E-state index contributed by atoms with van der Waals surface area (Å²) in [6, 6.07) is 12.6. The Morgan fingerprint density at radius 3 is 2.52 bits per heavy atom. The Bertz CT molecular complexity index is 915. The Balaban J connectivity index is 1.56. The van der Waals surface area contributed by atoms with Gasteiger partial charge in [-0.25, -0.2) is 0 Å². The molecular weight excluding hydrogens is 437 g/mol. The monoisotopic (exact) mass is 463 g/mol. The molecule has 1 saturated heterocycles. The van der Waals surface area contributed by atoms with Crippen LogP contribution in [0.2, 0.25) is 10.0 Å². The quantitative estimate of drug-likeness (QED) is 0.576. The summed E-state index contributed by atoms with van der Waals surface area (Å²) in [5.74, 6) is -0.241. The molecule has 31 heavy (non-hydrogen) atoms. The summed E-state index contributed by atoms with van der Waals surface area (Å²) >= 11 is 11.9. The molecule has 2 amide bonds. The van der Waals surface area contributed by atoms with E-state index in [0.29, 0.717) is 34.3 Å². The summed E-state index contributed by atoms with van der Waals surface area (Å²) in [5.41, 5.74) is 2.08. The van der Waals surface area contributed by atoms with Crippen LogP contribution < -0.4 is 15.5 Å². The third-order valence-electron chi connectivity index (χ3n) is 5.31. The number of anilines is 1. The van der Waals surface area contributed by atoms with Gasteiger partial charge in [0.15, 0.2) is 0 Å². The second-order valence-corrected chi connectivity index (χ2v) is 8.30. The van der Waals surface area contributed by atoms with E-state index in [4.69, 9.17) is 27.9 Å². The molecule has 0 unspecified atom stereocenters. The van der Waals surface area contributed by atoms with Crippen molar-refractivity contribution >= 4 is 40.7 Å². The van der Waals surface area contributed by atoms with Gasteiger partial charge in [0, 0.05) is 50.6 Å². The average Bonchev–Trinajstić information content (AvgIpc) is 2.79. The Morgan fingerprint density at radius 2 is 1.81 bits per heavy atom. The molecular formula is C23H27Cl2N3O3. The lowest BCUT2D eigenvalue weighted by molar-refractivity contribution is 0.0929.